The lowest BCUT2D eigenvalue weighted by atomic mass is 10.1. The van der Waals surface area contributed by atoms with Gasteiger partial charge in [0.25, 0.3) is 0 Å². The average Bonchev–Trinajstić information content (AvgIpc) is 2.92. The SMILES string of the molecule is Brc1cscc1OCc1cccc(CN2CCOCC2)c1. The van der Waals surface area contributed by atoms with Crippen LogP contribution in [0.5, 0.6) is 5.75 Å². The molecule has 1 fully saturated rings. The van der Waals surface area contributed by atoms with Crippen molar-refractivity contribution in [2.75, 3.05) is 26.3 Å². The minimum atomic E-state index is 0.603. The molecule has 3 nitrogen and oxygen atoms in total. The van der Waals surface area contributed by atoms with E-state index in [-0.39, 0.29) is 0 Å². The van der Waals surface area contributed by atoms with Gasteiger partial charge in [0.2, 0.25) is 0 Å². The molecule has 1 aromatic carbocycles. The zero-order valence-electron chi connectivity index (χ0n) is 11.8. The first-order valence-electron chi connectivity index (χ1n) is 7.04. The monoisotopic (exact) mass is 367 g/mol. The van der Waals surface area contributed by atoms with Gasteiger partial charge in [0.05, 0.1) is 17.7 Å². The van der Waals surface area contributed by atoms with Crippen LogP contribution in [-0.2, 0) is 17.9 Å². The van der Waals surface area contributed by atoms with Crippen molar-refractivity contribution < 1.29 is 9.47 Å². The van der Waals surface area contributed by atoms with Crippen LogP contribution >= 0.6 is 27.3 Å². The molecule has 21 heavy (non-hydrogen) atoms. The molecule has 1 aromatic heterocycles. The summed E-state index contributed by atoms with van der Waals surface area (Å²) in [7, 11) is 0. The fourth-order valence-electron chi connectivity index (χ4n) is 2.37. The molecule has 0 saturated carbocycles. The van der Waals surface area contributed by atoms with Crippen LogP contribution in [0.3, 0.4) is 0 Å². The Kier molecular flexibility index (Phi) is 5.30. The maximum absolute atomic E-state index is 5.84. The zero-order chi connectivity index (χ0) is 14.5. The smallest absolute Gasteiger partial charge is 0.144 e. The van der Waals surface area contributed by atoms with Crippen molar-refractivity contribution in [3.05, 3.63) is 50.6 Å². The lowest BCUT2D eigenvalue weighted by molar-refractivity contribution is 0.0342. The molecular formula is C16H18BrNO2S. The van der Waals surface area contributed by atoms with Gasteiger partial charge in [-0.3, -0.25) is 4.90 Å². The van der Waals surface area contributed by atoms with Gasteiger partial charge in [0, 0.05) is 30.4 Å². The molecule has 0 atom stereocenters. The fraction of sp³-hybridized carbons (Fsp3) is 0.375. The van der Waals surface area contributed by atoms with E-state index in [4.69, 9.17) is 9.47 Å². The fourth-order valence-corrected chi connectivity index (χ4v) is 3.70. The molecule has 0 bridgehead atoms. The molecule has 0 unspecified atom stereocenters. The zero-order valence-corrected chi connectivity index (χ0v) is 14.2. The second-order valence-electron chi connectivity index (χ2n) is 5.08. The minimum Gasteiger partial charge on any atom is -0.487 e. The van der Waals surface area contributed by atoms with E-state index in [0.717, 1.165) is 43.1 Å². The van der Waals surface area contributed by atoms with Crippen LogP contribution in [0.25, 0.3) is 0 Å². The maximum Gasteiger partial charge on any atom is 0.144 e. The van der Waals surface area contributed by atoms with Gasteiger partial charge in [-0.2, -0.15) is 0 Å². The van der Waals surface area contributed by atoms with Gasteiger partial charge >= 0.3 is 0 Å². The Labute approximate surface area is 137 Å². The number of hydrogen-bond donors (Lipinski definition) is 0. The Bertz CT molecular complexity index is 581. The Balaban J connectivity index is 1.58. The highest BCUT2D eigenvalue weighted by molar-refractivity contribution is 9.10. The normalized spacial score (nSPS) is 16.0. The summed E-state index contributed by atoms with van der Waals surface area (Å²) >= 11 is 5.12. The summed E-state index contributed by atoms with van der Waals surface area (Å²) in [6.07, 6.45) is 0. The molecule has 2 heterocycles. The number of nitrogens with zero attached hydrogens (tertiary/aromatic N) is 1. The molecule has 1 saturated heterocycles. The van der Waals surface area contributed by atoms with Crippen LogP contribution in [0, 0.1) is 0 Å². The van der Waals surface area contributed by atoms with Crippen molar-refractivity contribution in [2.24, 2.45) is 0 Å². The number of thiophene rings is 1. The highest BCUT2D eigenvalue weighted by Gasteiger charge is 2.11. The highest BCUT2D eigenvalue weighted by atomic mass is 79.9. The molecule has 112 valence electrons. The first-order chi connectivity index (χ1) is 10.3. The Morgan fingerprint density at radius 3 is 2.76 bits per heavy atom. The lowest BCUT2D eigenvalue weighted by Gasteiger charge is -2.26. The number of halogens is 1. The van der Waals surface area contributed by atoms with Crippen LogP contribution in [0.15, 0.2) is 39.5 Å². The van der Waals surface area contributed by atoms with Crippen molar-refractivity contribution in [2.45, 2.75) is 13.2 Å². The van der Waals surface area contributed by atoms with Crippen molar-refractivity contribution in [1.82, 2.24) is 4.90 Å². The number of rotatable bonds is 5. The molecular weight excluding hydrogens is 350 g/mol. The van der Waals surface area contributed by atoms with Gasteiger partial charge in [-0.05, 0) is 27.1 Å². The molecule has 0 radical (unpaired) electrons. The molecule has 0 aliphatic carbocycles. The van der Waals surface area contributed by atoms with E-state index < -0.39 is 0 Å². The Hall–Kier alpha value is -0.880. The van der Waals surface area contributed by atoms with Crippen LogP contribution in [0.4, 0.5) is 0 Å². The first kappa shape index (κ1) is 15.0. The topological polar surface area (TPSA) is 21.7 Å². The van der Waals surface area contributed by atoms with E-state index in [9.17, 15) is 0 Å². The number of hydrogen-bond acceptors (Lipinski definition) is 4. The van der Waals surface area contributed by atoms with Gasteiger partial charge in [0.15, 0.2) is 0 Å². The Morgan fingerprint density at radius 2 is 2.00 bits per heavy atom. The predicted molar refractivity (Wildman–Crippen MR) is 88.9 cm³/mol. The van der Waals surface area contributed by atoms with Crippen molar-refractivity contribution in [3.63, 3.8) is 0 Å². The van der Waals surface area contributed by atoms with Crippen molar-refractivity contribution in [3.8, 4) is 5.75 Å². The van der Waals surface area contributed by atoms with Gasteiger partial charge in [-0.15, -0.1) is 11.3 Å². The van der Waals surface area contributed by atoms with E-state index in [1.54, 1.807) is 11.3 Å². The van der Waals surface area contributed by atoms with E-state index >= 15 is 0 Å². The molecule has 1 aliphatic rings. The summed E-state index contributed by atoms with van der Waals surface area (Å²) in [6.45, 7) is 5.31. The number of benzene rings is 1. The summed E-state index contributed by atoms with van der Waals surface area (Å²) in [5, 5.41) is 4.05. The van der Waals surface area contributed by atoms with E-state index in [2.05, 4.69) is 45.1 Å². The van der Waals surface area contributed by atoms with Crippen molar-refractivity contribution >= 4 is 27.3 Å². The summed E-state index contributed by atoms with van der Waals surface area (Å²) in [6, 6.07) is 8.63. The van der Waals surface area contributed by atoms with E-state index in [0.29, 0.717) is 6.61 Å². The molecule has 0 spiro atoms. The van der Waals surface area contributed by atoms with E-state index in [1.165, 1.54) is 11.1 Å². The van der Waals surface area contributed by atoms with E-state index in [1.807, 2.05) is 10.8 Å². The third kappa shape index (κ3) is 4.30. The van der Waals surface area contributed by atoms with Crippen LogP contribution < -0.4 is 4.74 Å². The lowest BCUT2D eigenvalue weighted by Crippen LogP contribution is -2.35. The summed E-state index contributed by atoms with van der Waals surface area (Å²) in [5.41, 5.74) is 2.54. The summed E-state index contributed by atoms with van der Waals surface area (Å²) < 4.78 is 12.2. The molecule has 1 aliphatic heterocycles. The van der Waals surface area contributed by atoms with Crippen molar-refractivity contribution in [1.29, 1.82) is 0 Å². The van der Waals surface area contributed by atoms with Crippen LogP contribution in [-0.4, -0.2) is 31.2 Å². The minimum absolute atomic E-state index is 0.603. The standard InChI is InChI=1S/C16H18BrNO2S/c17-15-11-21-12-16(15)20-10-14-3-1-2-13(8-14)9-18-4-6-19-7-5-18/h1-3,8,11-12H,4-7,9-10H2. The first-order valence-corrected chi connectivity index (χ1v) is 8.77. The summed E-state index contributed by atoms with van der Waals surface area (Å²) in [4.78, 5) is 2.43. The summed E-state index contributed by atoms with van der Waals surface area (Å²) in [5.74, 6) is 0.915. The Morgan fingerprint density at radius 1 is 1.19 bits per heavy atom. The quantitative estimate of drug-likeness (QED) is 0.799. The predicted octanol–water partition coefficient (Wildman–Crippen LogP) is 3.92. The molecule has 5 heteroatoms. The van der Waals surface area contributed by atoms with Crippen LogP contribution in [0.2, 0.25) is 0 Å². The number of ether oxygens (including phenoxy) is 2. The second-order valence-corrected chi connectivity index (χ2v) is 6.68. The second kappa shape index (κ2) is 7.40. The average molecular weight is 368 g/mol. The van der Waals surface area contributed by atoms with Gasteiger partial charge < -0.3 is 9.47 Å². The molecule has 0 N–H and O–H groups in total. The molecule has 2 aromatic rings. The van der Waals surface area contributed by atoms with Gasteiger partial charge in [-0.1, -0.05) is 24.3 Å². The van der Waals surface area contributed by atoms with Crippen LogP contribution in [0.1, 0.15) is 11.1 Å². The number of morpholine rings is 1. The molecule has 3 rings (SSSR count). The third-order valence-electron chi connectivity index (χ3n) is 3.48. The largest absolute Gasteiger partial charge is 0.487 e. The van der Waals surface area contributed by atoms with Gasteiger partial charge in [-0.25, -0.2) is 0 Å². The van der Waals surface area contributed by atoms with Gasteiger partial charge in [0.1, 0.15) is 12.4 Å². The highest BCUT2D eigenvalue weighted by Crippen LogP contribution is 2.29. The third-order valence-corrected chi connectivity index (χ3v) is 5.12. The molecule has 0 amide bonds. The maximum atomic E-state index is 5.84.